The summed E-state index contributed by atoms with van der Waals surface area (Å²) in [6, 6.07) is 8.31. The minimum absolute atomic E-state index is 0.140. The molecule has 0 unspecified atom stereocenters. The Kier molecular flexibility index (Phi) is 4.72. The van der Waals surface area contributed by atoms with Gasteiger partial charge < -0.3 is 5.43 Å². The zero-order valence-corrected chi connectivity index (χ0v) is 11.7. The van der Waals surface area contributed by atoms with Gasteiger partial charge in [-0.1, -0.05) is 12.1 Å². The van der Waals surface area contributed by atoms with E-state index >= 15 is 0 Å². The number of rotatable bonds is 7. The third-order valence-corrected chi connectivity index (χ3v) is 4.27. The van der Waals surface area contributed by atoms with Crippen LogP contribution in [0.1, 0.15) is 6.42 Å². The average Bonchev–Trinajstić information content (AvgIpc) is 2.97. The summed E-state index contributed by atoms with van der Waals surface area (Å²) in [4.78, 5) is 0.140. The highest BCUT2D eigenvalue weighted by Gasteiger charge is 2.16. The SMILES string of the molecule is NNc1ccccc1S(=O)(=O)NCCCn1cccn1. The molecule has 0 radical (unpaired) electrons. The molecule has 1 heterocycles. The molecule has 0 aliphatic rings. The van der Waals surface area contributed by atoms with E-state index in [0.717, 1.165) is 0 Å². The van der Waals surface area contributed by atoms with Crippen molar-refractivity contribution in [3.8, 4) is 0 Å². The van der Waals surface area contributed by atoms with Gasteiger partial charge in [0.15, 0.2) is 0 Å². The van der Waals surface area contributed by atoms with Crippen LogP contribution < -0.4 is 16.0 Å². The summed E-state index contributed by atoms with van der Waals surface area (Å²) in [5, 5.41) is 4.05. The number of nitrogens with two attached hydrogens (primary N) is 1. The standard InChI is InChI=1S/C12H17N5O2S/c13-16-11-5-1-2-6-12(11)20(18,19)15-8-4-10-17-9-3-7-14-17/h1-3,5-7,9,15-16H,4,8,10,13H2. The lowest BCUT2D eigenvalue weighted by molar-refractivity contribution is 0.553. The normalized spacial score (nSPS) is 11.4. The second-order valence-electron chi connectivity index (χ2n) is 4.16. The van der Waals surface area contributed by atoms with Crippen molar-refractivity contribution in [1.82, 2.24) is 14.5 Å². The highest BCUT2D eigenvalue weighted by Crippen LogP contribution is 2.19. The highest BCUT2D eigenvalue weighted by atomic mass is 32.2. The van der Waals surface area contributed by atoms with Crippen molar-refractivity contribution in [1.29, 1.82) is 0 Å². The second kappa shape index (κ2) is 6.51. The van der Waals surface area contributed by atoms with Crippen molar-refractivity contribution in [2.45, 2.75) is 17.9 Å². The molecule has 2 aromatic rings. The van der Waals surface area contributed by atoms with Crippen LogP contribution >= 0.6 is 0 Å². The van der Waals surface area contributed by atoms with Crippen LogP contribution in [-0.4, -0.2) is 24.7 Å². The molecule has 1 aromatic heterocycles. The third kappa shape index (κ3) is 3.56. The Hall–Kier alpha value is -1.90. The molecule has 0 atom stereocenters. The summed E-state index contributed by atoms with van der Waals surface area (Å²) in [6.45, 7) is 0.993. The number of nitrogens with one attached hydrogen (secondary N) is 2. The molecule has 2 rings (SSSR count). The maximum atomic E-state index is 12.1. The molecule has 0 aliphatic heterocycles. The number of para-hydroxylation sites is 1. The number of benzene rings is 1. The molecule has 0 spiro atoms. The molecule has 0 fully saturated rings. The summed E-state index contributed by atoms with van der Waals surface area (Å²) in [5.41, 5.74) is 2.75. The largest absolute Gasteiger partial charge is 0.323 e. The van der Waals surface area contributed by atoms with Gasteiger partial charge in [0.25, 0.3) is 0 Å². The maximum absolute atomic E-state index is 12.1. The lowest BCUT2D eigenvalue weighted by atomic mass is 10.3. The molecular formula is C12H17N5O2S. The van der Waals surface area contributed by atoms with Crippen LogP contribution in [0.2, 0.25) is 0 Å². The Balaban J connectivity index is 1.94. The zero-order valence-electron chi connectivity index (χ0n) is 10.9. The summed E-state index contributed by atoms with van der Waals surface area (Å²) in [5.74, 6) is 5.31. The van der Waals surface area contributed by atoms with E-state index < -0.39 is 10.0 Å². The average molecular weight is 295 g/mol. The highest BCUT2D eigenvalue weighted by molar-refractivity contribution is 7.89. The number of hydrogen-bond acceptors (Lipinski definition) is 5. The van der Waals surface area contributed by atoms with Gasteiger partial charge in [0.1, 0.15) is 4.90 Å². The van der Waals surface area contributed by atoms with Gasteiger partial charge in [-0.25, -0.2) is 13.1 Å². The van der Waals surface area contributed by atoms with Crippen LogP contribution in [0.3, 0.4) is 0 Å². The van der Waals surface area contributed by atoms with Crippen LogP contribution in [0, 0.1) is 0 Å². The van der Waals surface area contributed by atoms with Crippen molar-refractivity contribution in [3.63, 3.8) is 0 Å². The molecule has 20 heavy (non-hydrogen) atoms. The van der Waals surface area contributed by atoms with Crippen molar-refractivity contribution in [2.24, 2.45) is 5.84 Å². The molecule has 4 N–H and O–H groups in total. The first-order valence-corrected chi connectivity index (χ1v) is 7.64. The summed E-state index contributed by atoms with van der Waals surface area (Å²) in [7, 11) is -3.57. The Morgan fingerprint density at radius 2 is 2.05 bits per heavy atom. The van der Waals surface area contributed by atoms with Gasteiger partial charge in [-0.15, -0.1) is 0 Å². The number of hydrogen-bond donors (Lipinski definition) is 3. The molecule has 0 bridgehead atoms. The molecule has 0 amide bonds. The van der Waals surface area contributed by atoms with Gasteiger partial charge >= 0.3 is 0 Å². The molecule has 0 saturated carbocycles. The molecule has 8 heteroatoms. The zero-order chi connectivity index (χ0) is 14.4. The van der Waals surface area contributed by atoms with E-state index in [0.29, 0.717) is 25.2 Å². The van der Waals surface area contributed by atoms with E-state index in [-0.39, 0.29) is 4.90 Å². The smallest absolute Gasteiger partial charge is 0.242 e. The first-order chi connectivity index (χ1) is 9.63. The number of anilines is 1. The topological polar surface area (TPSA) is 102 Å². The summed E-state index contributed by atoms with van der Waals surface area (Å²) < 4.78 is 28.6. The Morgan fingerprint density at radius 1 is 1.25 bits per heavy atom. The number of nitrogen functional groups attached to an aromatic ring is 1. The fraction of sp³-hybridized carbons (Fsp3) is 0.250. The number of hydrazine groups is 1. The van der Waals surface area contributed by atoms with Crippen molar-refractivity contribution in [3.05, 3.63) is 42.7 Å². The van der Waals surface area contributed by atoms with E-state index in [9.17, 15) is 8.42 Å². The Labute approximate surface area is 117 Å². The van der Waals surface area contributed by atoms with E-state index in [1.165, 1.54) is 6.07 Å². The van der Waals surface area contributed by atoms with Crippen molar-refractivity contribution in [2.75, 3.05) is 12.0 Å². The number of sulfonamides is 1. The molecular weight excluding hydrogens is 278 g/mol. The summed E-state index contributed by atoms with van der Waals surface area (Å²) in [6.07, 6.45) is 4.18. The van der Waals surface area contributed by atoms with Gasteiger partial charge in [-0.05, 0) is 24.6 Å². The Morgan fingerprint density at radius 3 is 2.75 bits per heavy atom. The monoisotopic (exact) mass is 295 g/mol. The predicted molar refractivity (Wildman–Crippen MR) is 76.3 cm³/mol. The van der Waals surface area contributed by atoms with Crippen LogP contribution in [0.25, 0.3) is 0 Å². The van der Waals surface area contributed by atoms with E-state index in [1.54, 1.807) is 29.1 Å². The first-order valence-electron chi connectivity index (χ1n) is 6.16. The van der Waals surface area contributed by atoms with Gasteiger partial charge in [0.2, 0.25) is 10.0 Å². The summed E-state index contributed by atoms with van der Waals surface area (Å²) >= 11 is 0. The molecule has 0 saturated heterocycles. The molecule has 0 aliphatic carbocycles. The lowest BCUT2D eigenvalue weighted by Crippen LogP contribution is -2.27. The third-order valence-electron chi connectivity index (χ3n) is 2.75. The van der Waals surface area contributed by atoms with Crippen LogP contribution in [0.4, 0.5) is 5.69 Å². The second-order valence-corrected chi connectivity index (χ2v) is 5.90. The van der Waals surface area contributed by atoms with Crippen LogP contribution in [0.5, 0.6) is 0 Å². The molecule has 108 valence electrons. The first kappa shape index (κ1) is 14.5. The lowest BCUT2D eigenvalue weighted by Gasteiger charge is -2.10. The van der Waals surface area contributed by atoms with Crippen LogP contribution in [-0.2, 0) is 16.6 Å². The van der Waals surface area contributed by atoms with Crippen LogP contribution in [0.15, 0.2) is 47.6 Å². The maximum Gasteiger partial charge on any atom is 0.242 e. The number of nitrogens with zero attached hydrogens (tertiary/aromatic N) is 2. The van der Waals surface area contributed by atoms with Gasteiger partial charge in [-0.2, -0.15) is 5.10 Å². The fourth-order valence-corrected chi connectivity index (χ4v) is 3.02. The Bertz CT molecular complexity index is 640. The predicted octanol–water partition coefficient (Wildman–Crippen LogP) is 0.537. The quantitative estimate of drug-likeness (QED) is 0.393. The minimum Gasteiger partial charge on any atom is -0.323 e. The number of aromatic nitrogens is 2. The van der Waals surface area contributed by atoms with Gasteiger partial charge in [0, 0.05) is 25.5 Å². The molecule has 1 aromatic carbocycles. The van der Waals surface area contributed by atoms with Crippen molar-refractivity contribution < 1.29 is 8.42 Å². The van der Waals surface area contributed by atoms with E-state index in [1.807, 2.05) is 12.3 Å². The number of aryl methyl sites for hydroxylation is 1. The fourth-order valence-electron chi connectivity index (χ4n) is 1.78. The van der Waals surface area contributed by atoms with Crippen molar-refractivity contribution >= 4 is 15.7 Å². The van der Waals surface area contributed by atoms with E-state index in [4.69, 9.17) is 5.84 Å². The van der Waals surface area contributed by atoms with Gasteiger partial charge in [0.05, 0.1) is 5.69 Å². The van der Waals surface area contributed by atoms with E-state index in [2.05, 4.69) is 15.2 Å². The van der Waals surface area contributed by atoms with Gasteiger partial charge in [-0.3, -0.25) is 10.5 Å². The molecule has 7 nitrogen and oxygen atoms in total. The minimum atomic E-state index is -3.57.